The van der Waals surface area contributed by atoms with Crippen LogP contribution < -0.4 is 5.32 Å². The van der Waals surface area contributed by atoms with Gasteiger partial charge >= 0.3 is 0 Å². The summed E-state index contributed by atoms with van der Waals surface area (Å²) in [5.41, 5.74) is 0. The number of methoxy groups -OCH3 is 1. The summed E-state index contributed by atoms with van der Waals surface area (Å²) in [6.45, 7) is 4.12. The van der Waals surface area contributed by atoms with Crippen molar-refractivity contribution in [2.45, 2.75) is 25.5 Å². The van der Waals surface area contributed by atoms with E-state index in [2.05, 4.69) is 22.1 Å². The lowest BCUT2D eigenvalue weighted by molar-refractivity contribution is 0.0609. The molecule has 1 rings (SSSR count). The number of hydrogen-bond acceptors (Lipinski definition) is 3. The number of nitrogens with one attached hydrogen (secondary N) is 1. The number of hydrogen-bond donors (Lipinski definition) is 2. The predicted molar refractivity (Wildman–Crippen MR) is 75.4 cm³/mol. The third-order valence-electron chi connectivity index (χ3n) is 2.37. The van der Waals surface area contributed by atoms with E-state index in [0.717, 1.165) is 12.5 Å². The summed E-state index contributed by atoms with van der Waals surface area (Å²) >= 11 is 0. The van der Waals surface area contributed by atoms with Gasteiger partial charge in [-0.2, -0.15) is 0 Å². The van der Waals surface area contributed by atoms with Gasteiger partial charge in [-0.15, -0.1) is 24.0 Å². The zero-order valence-electron chi connectivity index (χ0n) is 10.1. The molecule has 0 aromatic rings. The van der Waals surface area contributed by atoms with Gasteiger partial charge in [-0.05, 0) is 13.3 Å². The van der Waals surface area contributed by atoms with Crippen molar-refractivity contribution in [2.24, 2.45) is 4.99 Å². The Bertz CT molecular complexity index is 226. The van der Waals surface area contributed by atoms with Gasteiger partial charge in [0.2, 0.25) is 0 Å². The van der Waals surface area contributed by atoms with Gasteiger partial charge in [-0.3, -0.25) is 4.99 Å². The highest BCUT2D eigenvalue weighted by molar-refractivity contribution is 14.0. The first-order valence-corrected chi connectivity index (χ1v) is 5.32. The molecule has 0 amide bonds. The Hall–Kier alpha value is -0.0800. The van der Waals surface area contributed by atoms with Crippen LogP contribution in [0.25, 0.3) is 0 Å². The molecule has 0 aromatic carbocycles. The second-order valence-corrected chi connectivity index (χ2v) is 4.03. The molecule has 0 saturated carbocycles. The molecule has 0 spiro atoms. The number of guanidine groups is 1. The Morgan fingerprint density at radius 1 is 1.69 bits per heavy atom. The van der Waals surface area contributed by atoms with Gasteiger partial charge in [0.05, 0.1) is 12.7 Å². The Morgan fingerprint density at radius 3 is 2.88 bits per heavy atom. The number of nitrogens with zero attached hydrogens (tertiary/aromatic N) is 2. The minimum Gasteiger partial charge on any atom is -0.391 e. The number of aliphatic hydroxyl groups excluding tert-OH is 1. The van der Waals surface area contributed by atoms with Crippen molar-refractivity contribution in [2.75, 3.05) is 33.9 Å². The fourth-order valence-electron chi connectivity index (χ4n) is 1.64. The lowest BCUT2D eigenvalue weighted by atomic mass is 10.3. The minimum atomic E-state index is -0.413. The average Bonchev–Trinajstić information content (AvgIpc) is 2.46. The van der Waals surface area contributed by atoms with Gasteiger partial charge in [0.1, 0.15) is 0 Å². The van der Waals surface area contributed by atoms with E-state index >= 15 is 0 Å². The van der Waals surface area contributed by atoms with Crippen molar-refractivity contribution >= 4 is 29.9 Å². The summed E-state index contributed by atoms with van der Waals surface area (Å²) in [7, 11) is 3.60. The molecule has 1 heterocycles. The highest BCUT2D eigenvalue weighted by atomic mass is 127. The summed E-state index contributed by atoms with van der Waals surface area (Å²) in [6, 6.07) is 0.456. The van der Waals surface area contributed by atoms with E-state index in [4.69, 9.17) is 4.74 Å². The topological polar surface area (TPSA) is 57.1 Å². The summed E-state index contributed by atoms with van der Waals surface area (Å²) in [4.78, 5) is 6.48. The van der Waals surface area contributed by atoms with Crippen LogP contribution in [-0.2, 0) is 4.74 Å². The van der Waals surface area contributed by atoms with Gasteiger partial charge in [0.15, 0.2) is 5.96 Å². The molecule has 0 aromatic heterocycles. The van der Waals surface area contributed by atoms with E-state index in [1.54, 1.807) is 7.11 Å². The zero-order chi connectivity index (χ0) is 11.3. The van der Waals surface area contributed by atoms with Crippen LogP contribution in [0.2, 0.25) is 0 Å². The van der Waals surface area contributed by atoms with Crippen LogP contribution in [0.15, 0.2) is 4.99 Å². The molecule has 6 heteroatoms. The highest BCUT2D eigenvalue weighted by Crippen LogP contribution is 2.01. The fraction of sp³-hybridized carbons (Fsp3) is 0.900. The lowest BCUT2D eigenvalue weighted by Gasteiger charge is -2.11. The fourth-order valence-corrected chi connectivity index (χ4v) is 1.64. The number of ether oxygens (including phenoxy) is 1. The molecule has 1 saturated heterocycles. The Morgan fingerprint density at radius 2 is 2.38 bits per heavy atom. The summed E-state index contributed by atoms with van der Waals surface area (Å²) in [5.74, 6) is 0.923. The molecule has 2 N–H and O–H groups in total. The molecule has 2 atom stereocenters. The first kappa shape index (κ1) is 15.9. The van der Waals surface area contributed by atoms with Crippen LogP contribution in [0.3, 0.4) is 0 Å². The lowest BCUT2D eigenvalue weighted by Crippen LogP contribution is -2.28. The Balaban J connectivity index is 0.00000225. The maximum Gasteiger partial charge on any atom is 0.194 e. The van der Waals surface area contributed by atoms with Crippen LogP contribution in [0.4, 0.5) is 0 Å². The molecular weight excluding hydrogens is 321 g/mol. The second-order valence-electron chi connectivity index (χ2n) is 4.03. The van der Waals surface area contributed by atoms with E-state index in [1.165, 1.54) is 0 Å². The molecule has 0 radical (unpaired) electrons. The van der Waals surface area contributed by atoms with Gasteiger partial charge in [0, 0.05) is 33.3 Å². The first-order valence-electron chi connectivity index (χ1n) is 5.32. The highest BCUT2D eigenvalue weighted by Gasteiger charge is 2.19. The number of halogens is 1. The Kier molecular flexibility index (Phi) is 8.04. The van der Waals surface area contributed by atoms with Gasteiger partial charge in [-0.25, -0.2) is 0 Å². The van der Waals surface area contributed by atoms with Crippen LogP contribution in [0.1, 0.15) is 13.3 Å². The standard InChI is InChI=1S/C10H21N3O2.HI/c1-8-6-13(2)10(12-8)11-5-4-9(14)7-15-3;/h8-9,14H,4-7H2,1-3H3,(H,11,12);1H. The van der Waals surface area contributed by atoms with E-state index in [0.29, 0.717) is 25.6 Å². The molecule has 1 fully saturated rings. The number of aliphatic imine (C=N–C) groups is 1. The molecule has 0 bridgehead atoms. The van der Waals surface area contributed by atoms with E-state index in [-0.39, 0.29) is 24.0 Å². The van der Waals surface area contributed by atoms with Crippen LogP contribution in [0, 0.1) is 0 Å². The maximum absolute atomic E-state index is 9.41. The number of aliphatic hydroxyl groups is 1. The largest absolute Gasteiger partial charge is 0.391 e. The van der Waals surface area contributed by atoms with Crippen molar-refractivity contribution in [3.05, 3.63) is 0 Å². The van der Waals surface area contributed by atoms with Crippen LogP contribution in [0.5, 0.6) is 0 Å². The van der Waals surface area contributed by atoms with Crippen molar-refractivity contribution in [1.29, 1.82) is 0 Å². The van der Waals surface area contributed by atoms with Gasteiger partial charge in [-0.1, -0.05) is 0 Å². The average molecular weight is 343 g/mol. The van der Waals surface area contributed by atoms with Crippen molar-refractivity contribution < 1.29 is 9.84 Å². The van der Waals surface area contributed by atoms with Gasteiger partial charge in [0.25, 0.3) is 0 Å². The molecule has 0 aliphatic carbocycles. The van der Waals surface area contributed by atoms with Gasteiger partial charge < -0.3 is 20.1 Å². The smallest absolute Gasteiger partial charge is 0.194 e. The molecular formula is C10H22IN3O2. The summed E-state index contributed by atoms with van der Waals surface area (Å²) in [6.07, 6.45) is 0.227. The van der Waals surface area contributed by atoms with Crippen LogP contribution >= 0.6 is 24.0 Å². The van der Waals surface area contributed by atoms with E-state index in [9.17, 15) is 5.11 Å². The second kappa shape index (κ2) is 8.08. The molecule has 1 aliphatic heterocycles. The van der Waals surface area contributed by atoms with Crippen molar-refractivity contribution in [3.63, 3.8) is 0 Å². The SMILES string of the molecule is COCC(O)CCN=C1NC(C)CN1C.I. The zero-order valence-corrected chi connectivity index (χ0v) is 12.5. The van der Waals surface area contributed by atoms with E-state index in [1.807, 2.05) is 7.05 Å². The number of likely N-dealkylation sites (N-methyl/N-ethyl adjacent to an activating group) is 1. The van der Waals surface area contributed by atoms with Crippen molar-refractivity contribution in [1.82, 2.24) is 10.2 Å². The minimum absolute atomic E-state index is 0. The summed E-state index contributed by atoms with van der Waals surface area (Å²) in [5, 5.41) is 12.7. The molecule has 1 aliphatic rings. The summed E-state index contributed by atoms with van der Waals surface area (Å²) < 4.78 is 4.84. The third-order valence-corrected chi connectivity index (χ3v) is 2.37. The molecule has 5 nitrogen and oxygen atoms in total. The first-order chi connectivity index (χ1) is 7.13. The predicted octanol–water partition coefficient (Wildman–Crippen LogP) is 0.281. The number of rotatable bonds is 5. The van der Waals surface area contributed by atoms with E-state index < -0.39 is 6.10 Å². The molecule has 16 heavy (non-hydrogen) atoms. The maximum atomic E-state index is 9.41. The molecule has 2 unspecified atom stereocenters. The van der Waals surface area contributed by atoms with Crippen LogP contribution in [-0.4, -0.2) is 62.0 Å². The quantitative estimate of drug-likeness (QED) is 0.705. The normalized spacial score (nSPS) is 24.1. The van der Waals surface area contributed by atoms with Crippen molar-refractivity contribution in [3.8, 4) is 0 Å². The third kappa shape index (κ3) is 5.31. The molecule has 96 valence electrons. The monoisotopic (exact) mass is 343 g/mol. The Labute approximate surface area is 114 Å².